The van der Waals surface area contributed by atoms with Gasteiger partial charge in [0.2, 0.25) is 15.9 Å². The number of nitrogens with zero attached hydrogens (tertiary/aromatic N) is 2. The van der Waals surface area contributed by atoms with Gasteiger partial charge in [-0.2, -0.15) is 5.10 Å². The summed E-state index contributed by atoms with van der Waals surface area (Å²) >= 11 is 0. The third-order valence-corrected chi connectivity index (χ3v) is 6.33. The normalized spacial score (nSPS) is 16.5. The van der Waals surface area contributed by atoms with Crippen molar-refractivity contribution in [2.24, 2.45) is 18.1 Å². The topological polar surface area (TPSA) is 116 Å². The van der Waals surface area contributed by atoms with Gasteiger partial charge in [0.1, 0.15) is 0 Å². The first-order valence-electron chi connectivity index (χ1n) is 9.81. The molecule has 0 saturated carbocycles. The van der Waals surface area contributed by atoms with E-state index in [1.165, 1.54) is 0 Å². The highest BCUT2D eigenvalue weighted by Crippen LogP contribution is 2.34. The van der Waals surface area contributed by atoms with Crippen molar-refractivity contribution in [2.75, 3.05) is 18.5 Å². The molecule has 3 rings (SSSR count). The second-order valence-electron chi connectivity index (χ2n) is 7.48. The van der Waals surface area contributed by atoms with Gasteiger partial charge >= 0.3 is 0 Å². The van der Waals surface area contributed by atoms with Crippen LogP contribution in [0, 0.1) is 5.92 Å². The van der Waals surface area contributed by atoms with Crippen LogP contribution < -0.4 is 10.5 Å². The monoisotopic (exact) mass is 420 g/mol. The summed E-state index contributed by atoms with van der Waals surface area (Å²) in [6.07, 6.45) is 4.61. The molecular formula is C20H28N4O4S. The van der Waals surface area contributed by atoms with E-state index in [2.05, 4.69) is 10.4 Å². The number of aromatic nitrogens is 2. The first kappa shape index (κ1) is 21.5. The maximum Gasteiger partial charge on any atom is 0.238 e. The molecule has 0 spiro atoms. The lowest BCUT2D eigenvalue weighted by atomic mass is 9.84. The smallest absolute Gasteiger partial charge is 0.238 e. The molecule has 1 fully saturated rings. The van der Waals surface area contributed by atoms with E-state index in [0.717, 1.165) is 18.4 Å². The molecule has 2 aromatic rings. The van der Waals surface area contributed by atoms with Gasteiger partial charge in [0.15, 0.2) is 5.82 Å². The zero-order chi connectivity index (χ0) is 21.0. The number of anilines is 1. The van der Waals surface area contributed by atoms with Crippen molar-refractivity contribution >= 4 is 21.7 Å². The fourth-order valence-corrected chi connectivity index (χ4v) is 4.57. The summed E-state index contributed by atoms with van der Waals surface area (Å²) in [5.74, 6) is -0.247. The number of nitrogens with one attached hydrogen (secondary N) is 1. The standard InChI is InChI=1S/C20H28N4O4S/c1-3-14-4-5-16(18(13-14)29(21,26)27)17(12-15-7-10-28-11-8-15)20(25)22-19-6-9-24(2)23-19/h4-6,9,13,15,17H,3,7-8,10-12H2,1-2H3,(H2,21,26,27)(H,22,23,25)/t17-/m1/s1. The highest BCUT2D eigenvalue weighted by molar-refractivity contribution is 7.89. The van der Waals surface area contributed by atoms with E-state index in [9.17, 15) is 13.2 Å². The van der Waals surface area contributed by atoms with Crippen molar-refractivity contribution in [3.63, 3.8) is 0 Å². The number of carbonyl (C=O) groups excluding carboxylic acids is 1. The Morgan fingerprint density at radius 2 is 2.07 bits per heavy atom. The molecule has 1 aromatic heterocycles. The van der Waals surface area contributed by atoms with Gasteiger partial charge in [-0.25, -0.2) is 13.6 Å². The minimum atomic E-state index is -3.98. The van der Waals surface area contributed by atoms with Crippen LogP contribution in [0.1, 0.15) is 43.2 Å². The van der Waals surface area contributed by atoms with Crippen molar-refractivity contribution in [1.29, 1.82) is 0 Å². The Morgan fingerprint density at radius 3 is 2.66 bits per heavy atom. The highest BCUT2D eigenvalue weighted by Gasteiger charge is 2.30. The minimum absolute atomic E-state index is 0.0186. The van der Waals surface area contributed by atoms with Gasteiger partial charge in [0.05, 0.1) is 10.8 Å². The van der Waals surface area contributed by atoms with E-state index in [0.29, 0.717) is 37.4 Å². The Bertz CT molecular complexity index is 965. The van der Waals surface area contributed by atoms with Crippen molar-refractivity contribution < 1.29 is 17.9 Å². The molecular weight excluding hydrogens is 392 g/mol. The quantitative estimate of drug-likeness (QED) is 0.712. The number of ether oxygens (including phenoxy) is 1. The molecule has 1 aliphatic heterocycles. The summed E-state index contributed by atoms with van der Waals surface area (Å²) in [7, 11) is -2.22. The van der Waals surface area contributed by atoms with Gasteiger partial charge in [-0.05, 0) is 48.8 Å². The summed E-state index contributed by atoms with van der Waals surface area (Å²) in [6, 6.07) is 6.86. The van der Waals surface area contributed by atoms with Crippen molar-refractivity contribution in [3.8, 4) is 0 Å². The molecule has 1 amide bonds. The number of aryl methyl sites for hydroxylation is 2. The zero-order valence-corrected chi connectivity index (χ0v) is 17.6. The molecule has 158 valence electrons. The Morgan fingerprint density at radius 1 is 1.34 bits per heavy atom. The average Bonchev–Trinajstić information content (AvgIpc) is 3.10. The summed E-state index contributed by atoms with van der Waals surface area (Å²) in [5, 5.41) is 12.5. The van der Waals surface area contributed by atoms with Crippen LogP contribution in [-0.2, 0) is 33.0 Å². The SMILES string of the molecule is CCc1ccc([C@@H](CC2CCOCC2)C(=O)Nc2ccn(C)n2)c(S(N)(=O)=O)c1. The third kappa shape index (κ3) is 5.43. The maximum absolute atomic E-state index is 13.2. The van der Waals surface area contributed by atoms with Crippen molar-refractivity contribution in [2.45, 2.75) is 43.4 Å². The summed E-state index contributed by atoms with van der Waals surface area (Å²) in [6.45, 7) is 3.24. The molecule has 9 heteroatoms. The fraction of sp³-hybridized carbons (Fsp3) is 0.500. The molecule has 0 radical (unpaired) electrons. The molecule has 0 bridgehead atoms. The third-order valence-electron chi connectivity index (χ3n) is 5.36. The Labute approximate surface area is 171 Å². The summed E-state index contributed by atoms with van der Waals surface area (Å²) in [5.41, 5.74) is 1.29. The molecule has 0 unspecified atom stereocenters. The van der Waals surface area contributed by atoms with Crippen LogP contribution in [-0.4, -0.2) is 37.3 Å². The molecule has 1 aromatic carbocycles. The second-order valence-corrected chi connectivity index (χ2v) is 9.01. The molecule has 1 atom stereocenters. The number of benzene rings is 1. The van der Waals surface area contributed by atoms with Gasteiger partial charge in [-0.15, -0.1) is 0 Å². The highest BCUT2D eigenvalue weighted by atomic mass is 32.2. The molecule has 29 heavy (non-hydrogen) atoms. The van der Waals surface area contributed by atoms with Gasteiger partial charge in [0, 0.05) is 32.5 Å². The second kappa shape index (κ2) is 9.06. The van der Waals surface area contributed by atoms with Gasteiger partial charge in [-0.3, -0.25) is 9.48 Å². The van der Waals surface area contributed by atoms with Crippen LogP contribution in [0.4, 0.5) is 5.82 Å². The van der Waals surface area contributed by atoms with Crippen molar-refractivity contribution in [1.82, 2.24) is 9.78 Å². The molecule has 8 nitrogen and oxygen atoms in total. The Balaban J connectivity index is 1.98. The summed E-state index contributed by atoms with van der Waals surface area (Å²) < 4.78 is 31.6. The number of primary sulfonamides is 1. The molecule has 3 N–H and O–H groups in total. The number of nitrogens with two attached hydrogens (primary N) is 1. The lowest BCUT2D eigenvalue weighted by Crippen LogP contribution is -2.28. The van der Waals surface area contributed by atoms with Gasteiger partial charge < -0.3 is 10.1 Å². The van der Waals surface area contributed by atoms with Crippen LogP contribution in [0.25, 0.3) is 0 Å². The van der Waals surface area contributed by atoms with Gasteiger partial charge in [0.25, 0.3) is 0 Å². The molecule has 0 aliphatic carbocycles. The lowest BCUT2D eigenvalue weighted by molar-refractivity contribution is -0.118. The largest absolute Gasteiger partial charge is 0.381 e. The van der Waals surface area contributed by atoms with Crippen LogP contribution in [0.5, 0.6) is 0 Å². The van der Waals surface area contributed by atoms with E-state index in [4.69, 9.17) is 9.88 Å². The van der Waals surface area contributed by atoms with E-state index in [-0.39, 0.29) is 16.7 Å². The fourth-order valence-electron chi connectivity index (χ4n) is 3.72. The molecule has 1 saturated heterocycles. The van der Waals surface area contributed by atoms with Crippen LogP contribution >= 0.6 is 0 Å². The number of sulfonamides is 1. The van der Waals surface area contributed by atoms with Crippen LogP contribution in [0.15, 0.2) is 35.4 Å². The van der Waals surface area contributed by atoms with E-state index in [1.807, 2.05) is 13.0 Å². The Hall–Kier alpha value is -2.23. The molecule has 1 aliphatic rings. The van der Waals surface area contributed by atoms with E-state index in [1.54, 1.807) is 36.1 Å². The van der Waals surface area contributed by atoms with Gasteiger partial charge in [-0.1, -0.05) is 19.1 Å². The maximum atomic E-state index is 13.2. The first-order valence-corrected chi connectivity index (χ1v) is 11.4. The zero-order valence-electron chi connectivity index (χ0n) is 16.8. The lowest BCUT2D eigenvalue weighted by Gasteiger charge is -2.27. The average molecular weight is 421 g/mol. The number of hydrogen-bond acceptors (Lipinski definition) is 5. The van der Waals surface area contributed by atoms with Crippen LogP contribution in [0.3, 0.4) is 0 Å². The van der Waals surface area contributed by atoms with E-state index >= 15 is 0 Å². The van der Waals surface area contributed by atoms with Crippen molar-refractivity contribution in [3.05, 3.63) is 41.6 Å². The summed E-state index contributed by atoms with van der Waals surface area (Å²) in [4.78, 5) is 13.2. The number of rotatable bonds is 7. The number of carbonyl (C=O) groups is 1. The number of hydrogen-bond donors (Lipinski definition) is 2. The van der Waals surface area contributed by atoms with E-state index < -0.39 is 15.9 Å². The van der Waals surface area contributed by atoms with Crippen LogP contribution in [0.2, 0.25) is 0 Å². The Kier molecular flexibility index (Phi) is 6.71. The number of amides is 1. The minimum Gasteiger partial charge on any atom is -0.381 e. The predicted octanol–water partition coefficient (Wildman–Crippen LogP) is 2.17. The molecule has 2 heterocycles. The first-order chi connectivity index (χ1) is 13.8. The predicted molar refractivity (Wildman–Crippen MR) is 110 cm³/mol.